The highest BCUT2D eigenvalue weighted by Crippen LogP contribution is 2.27. The molecule has 0 amide bonds. The Labute approximate surface area is 130 Å². The minimum Gasteiger partial charge on any atom is -0.496 e. The summed E-state index contributed by atoms with van der Waals surface area (Å²) in [6, 6.07) is 6.62. The van der Waals surface area contributed by atoms with E-state index in [9.17, 15) is 0 Å². The molecule has 0 bridgehead atoms. The predicted octanol–water partition coefficient (Wildman–Crippen LogP) is 3.73. The van der Waals surface area contributed by atoms with E-state index >= 15 is 0 Å². The van der Waals surface area contributed by atoms with Crippen LogP contribution in [0.25, 0.3) is 0 Å². The first-order valence-electron chi connectivity index (χ1n) is 8.01. The van der Waals surface area contributed by atoms with Crippen LogP contribution in [0.1, 0.15) is 45.2 Å². The van der Waals surface area contributed by atoms with Crippen molar-refractivity contribution in [1.29, 1.82) is 0 Å². The molecule has 0 aliphatic carbocycles. The van der Waals surface area contributed by atoms with Gasteiger partial charge in [-0.15, -0.1) is 0 Å². The number of likely N-dealkylation sites (N-methyl/N-ethyl adjacent to an activating group) is 1. The lowest BCUT2D eigenvalue weighted by atomic mass is 9.87. The van der Waals surface area contributed by atoms with Gasteiger partial charge in [-0.25, -0.2) is 0 Å². The van der Waals surface area contributed by atoms with Crippen molar-refractivity contribution in [1.82, 2.24) is 5.32 Å². The second kappa shape index (κ2) is 8.40. The van der Waals surface area contributed by atoms with Gasteiger partial charge in [0.2, 0.25) is 0 Å². The maximum Gasteiger partial charge on any atom is 0.122 e. The molecule has 0 radical (unpaired) electrons. The molecular weight excluding hydrogens is 262 g/mol. The second-order valence-corrected chi connectivity index (χ2v) is 5.73. The molecule has 2 unspecified atom stereocenters. The lowest BCUT2D eigenvalue weighted by molar-refractivity contribution is -0.0547. The normalized spacial score (nSPS) is 15.5. The smallest absolute Gasteiger partial charge is 0.122 e. The second-order valence-electron chi connectivity index (χ2n) is 5.73. The van der Waals surface area contributed by atoms with Gasteiger partial charge >= 0.3 is 0 Å². The SMILES string of the molecule is CCNC(Cc1cc(C)ccc1OC)C(C)(CC)OCC. The molecule has 1 N–H and O–H groups in total. The van der Waals surface area contributed by atoms with Crippen LogP contribution in [0.5, 0.6) is 5.75 Å². The van der Waals surface area contributed by atoms with Gasteiger partial charge in [0.1, 0.15) is 5.75 Å². The summed E-state index contributed by atoms with van der Waals surface area (Å²) in [6.07, 6.45) is 1.88. The van der Waals surface area contributed by atoms with Crippen LogP contribution in [0.3, 0.4) is 0 Å². The summed E-state index contributed by atoms with van der Waals surface area (Å²) in [6.45, 7) is 12.4. The molecule has 0 saturated carbocycles. The Bertz CT molecular complexity index is 433. The molecule has 1 rings (SSSR count). The van der Waals surface area contributed by atoms with E-state index in [0.717, 1.165) is 31.7 Å². The van der Waals surface area contributed by atoms with Crippen molar-refractivity contribution in [2.45, 2.75) is 59.1 Å². The van der Waals surface area contributed by atoms with Gasteiger partial charge in [-0.3, -0.25) is 0 Å². The highest BCUT2D eigenvalue weighted by Gasteiger charge is 2.33. The van der Waals surface area contributed by atoms with Crippen molar-refractivity contribution in [3.8, 4) is 5.75 Å². The molecule has 3 nitrogen and oxygen atoms in total. The van der Waals surface area contributed by atoms with Gasteiger partial charge in [-0.2, -0.15) is 0 Å². The zero-order valence-corrected chi connectivity index (χ0v) is 14.5. The highest BCUT2D eigenvalue weighted by molar-refractivity contribution is 5.37. The summed E-state index contributed by atoms with van der Waals surface area (Å²) >= 11 is 0. The van der Waals surface area contributed by atoms with Crippen LogP contribution in [-0.2, 0) is 11.2 Å². The Balaban J connectivity index is 3.04. The highest BCUT2D eigenvalue weighted by atomic mass is 16.5. The summed E-state index contributed by atoms with van der Waals surface area (Å²) in [5, 5.41) is 3.60. The maximum absolute atomic E-state index is 6.07. The van der Waals surface area contributed by atoms with Crippen LogP contribution in [-0.4, -0.2) is 31.9 Å². The van der Waals surface area contributed by atoms with Crippen LogP contribution in [0.2, 0.25) is 0 Å². The molecule has 0 spiro atoms. The van der Waals surface area contributed by atoms with Gasteiger partial charge in [0.15, 0.2) is 0 Å². The lowest BCUT2D eigenvalue weighted by Crippen LogP contribution is -2.51. The van der Waals surface area contributed by atoms with E-state index in [0.29, 0.717) is 0 Å². The average molecular weight is 293 g/mol. The number of rotatable bonds is 9. The Kier molecular flexibility index (Phi) is 7.20. The maximum atomic E-state index is 6.07. The molecule has 0 saturated heterocycles. The lowest BCUT2D eigenvalue weighted by Gasteiger charge is -2.37. The minimum atomic E-state index is -0.167. The number of aryl methyl sites for hydroxylation is 1. The molecular formula is C18H31NO2. The molecule has 1 aromatic carbocycles. The van der Waals surface area contributed by atoms with E-state index in [1.165, 1.54) is 11.1 Å². The Morgan fingerprint density at radius 3 is 2.48 bits per heavy atom. The third-order valence-electron chi connectivity index (χ3n) is 4.22. The number of benzene rings is 1. The minimum absolute atomic E-state index is 0.167. The molecule has 2 atom stereocenters. The van der Waals surface area contributed by atoms with Crippen molar-refractivity contribution < 1.29 is 9.47 Å². The number of hydrogen-bond acceptors (Lipinski definition) is 3. The monoisotopic (exact) mass is 293 g/mol. The molecule has 0 heterocycles. The standard InChI is InChI=1S/C18H31NO2/c1-7-18(5,21-9-3)17(19-8-2)13-15-12-14(4)10-11-16(15)20-6/h10-12,17,19H,7-9,13H2,1-6H3. The Morgan fingerprint density at radius 2 is 1.95 bits per heavy atom. The Hall–Kier alpha value is -1.06. The molecule has 0 fully saturated rings. The van der Waals surface area contributed by atoms with E-state index in [2.05, 4.69) is 58.1 Å². The first kappa shape index (κ1) is 18.0. The zero-order chi connectivity index (χ0) is 15.9. The molecule has 21 heavy (non-hydrogen) atoms. The van der Waals surface area contributed by atoms with Crippen molar-refractivity contribution in [2.24, 2.45) is 0 Å². The summed E-state index contributed by atoms with van der Waals surface area (Å²) in [4.78, 5) is 0. The largest absolute Gasteiger partial charge is 0.496 e. The third-order valence-corrected chi connectivity index (χ3v) is 4.22. The Morgan fingerprint density at radius 1 is 1.24 bits per heavy atom. The van der Waals surface area contributed by atoms with Gasteiger partial charge in [0.25, 0.3) is 0 Å². The van der Waals surface area contributed by atoms with E-state index in [1.54, 1.807) is 7.11 Å². The van der Waals surface area contributed by atoms with Gasteiger partial charge in [0.05, 0.1) is 12.7 Å². The molecule has 0 aliphatic heterocycles. The number of hydrogen-bond donors (Lipinski definition) is 1. The van der Waals surface area contributed by atoms with Crippen molar-refractivity contribution in [3.05, 3.63) is 29.3 Å². The van der Waals surface area contributed by atoms with E-state index in [4.69, 9.17) is 9.47 Å². The van der Waals surface area contributed by atoms with Crippen LogP contribution >= 0.6 is 0 Å². The molecule has 120 valence electrons. The topological polar surface area (TPSA) is 30.5 Å². The van der Waals surface area contributed by atoms with Crippen molar-refractivity contribution in [3.63, 3.8) is 0 Å². The zero-order valence-electron chi connectivity index (χ0n) is 14.5. The van der Waals surface area contributed by atoms with Gasteiger partial charge in [-0.1, -0.05) is 31.5 Å². The number of nitrogens with one attached hydrogen (secondary N) is 1. The first-order valence-corrected chi connectivity index (χ1v) is 8.01. The molecule has 0 aliphatic rings. The summed E-state index contributed by atoms with van der Waals surface area (Å²) in [7, 11) is 1.73. The quantitative estimate of drug-likeness (QED) is 0.752. The van der Waals surface area contributed by atoms with Crippen LogP contribution < -0.4 is 10.1 Å². The molecule has 0 aromatic heterocycles. The van der Waals surface area contributed by atoms with Gasteiger partial charge in [-0.05, 0) is 51.8 Å². The average Bonchev–Trinajstić information content (AvgIpc) is 2.47. The fourth-order valence-electron chi connectivity index (χ4n) is 2.82. The fraction of sp³-hybridized carbons (Fsp3) is 0.667. The first-order chi connectivity index (χ1) is 10.0. The van der Waals surface area contributed by atoms with Gasteiger partial charge in [0, 0.05) is 12.6 Å². The summed E-state index contributed by atoms with van der Waals surface area (Å²) in [5.74, 6) is 0.957. The summed E-state index contributed by atoms with van der Waals surface area (Å²) < 4.78 is 11.6. The van der Waals surface area contributed by atoms with Gasteiger partial charge < -0.3 is 14.8 Å². The van der Waals surface area contributed by atoms with Crippen LogP contribution in [0.15, 0.2) is 18.2 Å². The number of ether oxygens (including phenoxy) is 2. The molecule has 1 aromatic rings. The third kappa shape index (κ3) is 4.72. The predicted molar refractivity (Wildman–Crippen MR) is 89.2 cm³/mol. The van der Waals surface area contributed by atoms with Crippen molar-refractivity contribution in [2.75, 3.05) is 20.3 Å². The van der Waals surface area contributed by atoms with E-state index in [-0.39, 0.29) is 11.6 Å². The summed E-state index contributed by atoms with van der Waals surface area (Å²) in [5.41, 5.74) is 2.33. The fourth-order valence-corrected chi connectivity index (χ4v) is 2.82. The van der Waals surface area contributed by atoms with Crippen molar-refractivity contribution >= 4 is 0 Å². The van der Waals surface area contributed by atoms with Crippen LogP contribution in [0, 0.1) is 6.92 Å². The molecule has 3 heteroatoms. The van der Waals surface area contributed by atoms with Crippen LogP contribution in [0.4, 0.5) is 0 Å². The van der Waals surface area contributed by atoms with E-state index in [1.807, 2.05) is 0 Å². The number of methoxy groups -OCH3 is 1. The van der Waals surface area contributed by atoms with E-state index < -0.39 is 0 Å².